The molecule has 0 aliphatic carbocycles. The minimum Gasteiger partial charge on any atom is -0.347 e. The lowest BCUT2D eigenvalue weighted by molar-refractivity contribution is -0.129. The maximum atomic E-state index is 12.3. The van der Waals surface area contributed by atoms with Crippen molar-refractivity contribution in [3.8, 4) is 0 Å². The van der Waals surface area contributed by atoms with Crippen LogP contribution in [-0.2, 0) is 32.1 Å². The molecule has 0 bridgehead atoms. The van der Waals surface area contributed by atoms with Crippen LogP contribution < -0.4 is 10.6 Å². The first kappa shape index (κ1) is 24.5. The molecular formula is C20H33N5O4. The Morgan fingerprint density at radius 2 is 1.72 bits per heavy atom. The highest BCUT2D eigenvalue weighted by Crippen LogP contribution is 2.07. The summed E-state index contributed by atoms with van der Waals surface area (Å²) >= 11 is 0. The highest BCUT2D eigenvalue weighted by Gasteiger charge is 2.23. The van der Waals surface area contributed by atoms with Crippen molar-refractivity contribution in [2.75, 3.05) is 0 Å². The van der Waals surface area contributed by atoms with E-state index in [9.17, 15) is 19.2 Å². The van der Waals surface area contributed by atoms with Gasteiger partial charge in [-0.3, -0.25) is 19.2 Å². The van der Waals surface area contributed by atoms with E-state index >= 15 is 0 Å². The van der Waals surface area contributed by atoms with Gasteiger partial charge in [0.25, 0.3) is 0 Å². The van der Waals surface area contributed by atoms with E-state index < -0.39 is 12.1 Å². The highest BCUT2D eigenvalue weighted by atomic mass is 16.2. The molecule has 0 spiro atoms. The number of aryl methyl sites for hydroxylation is 1. The lowest BCUT2D eigenvalue weighted by Crippen LogP contribution is -2.44. The largest absolute Gasteiger partial charge is 0.347 e. The van der Waals surface area contributed by atoms with Crippen LogP contribution in [0.5, 0.6) is 0 Å². The fraction of sp³-hybridized carbons (Fsp3) is 0.700. The third kappa shape index (κ3) is 8.13. The number of Topliss-reactive ketones (excluding diaryl/α,β-unsaturated/α-hetero) is 2. The monoisotopic (exact) mass is 407 g/mol. The summed E-state index contributed by atoms with van der Waals surface area (Å²) in [6, 6.07) is -1.20. The van der Waals surface area contributed by atoms with Crippen molar-refractivity contribution in [1.29, 1.82) is 0 Å². The van der Waals surface area contributed by atoms with Gasteiger partial charge in [0, 0.05) is 37.8 Å². The Bertz CT molecular complexity index is 728. The molecule has 3 atom stereocenters. The third-order valence-corrected chi connectivity index (χ3v) is 4.76. The number of nitrogens with zero attached hydrogens (tertiary/aromatic N) is 3. The molecule has 2 N–H and O–H groups in total. The number of hydrogen-bond donors (Lipinski definition) is 2. The molecule has 0 aliphatic rings. The molecule has 1 aromatic rings. The first-order valence-corrected chi connectivity index (χ1v) is 10.1. The Kier molecular flexibility index (Phi) is 9.64. The van der Waals surface area contributed by atoms with Crippen LogP contribution >= 0.6 is 0 Å². The van der Waals surface area contributed by atoms with Crippen molar-refractivity contribution >= 4 is 23.4 Å². The standard InChI is InChI=1S/C20H33N5O4/c1-7-13(4)20(29)14(5)21-18(27)9-8-16-10-25(24-23-16)11-17(22-15(6)26)19(28)12(2)3/h10,12-14,17H,7-9,11H2,1-6H3,(H,21,27)(H,22,26)/t13?,14-,17+/m0/s1. The van der Waals surface area contributed by atoms with Crippen LogP contribution in [0.3, 0.4) is 0 Å². The van der Waals surface area contributed by atoms with Crippen molar-refractivity contribution in [2.45, 2.75) is 79.4 Å². The van der Waals surface area contributed by atoms with E-state index in [-0.39, 0.29) is 48.2 Å². The Balaban J connectivity index is 2.60. The van der Waals surface area contributed by atoms with Crippen LogP contribution in [0.15, 0.2) is 6.20 Å². The van der Waals surface area contributed by atoms with E-state index in [1.807, 2.05) is 13.8 Å². The fourth-order valence-corrected chi connectivity index (χ4v) is 2.84. The number of aromatic nitrogens is 3. The van der Waals surface area contributed by atoms with Crippen molar-refractivity contribution in [3.05, 3.63) is 11.9 Å². The van der Waals surface area contributed by atoms with E-state index in [0.717, 1.165) is 6.42 Å². The molecule has 1 aromatic heterocycles. The molecule has 1 heterocycles. The maximum absolute atomic E-state index is 12.3. The van der Waals surface area contributed by atoms with Crippen LogP contribution in [0.2, 0.25) is 0 Å². The molecule has 9 nitrogen and oxygen atoms in total. The summed E-state index contributed by atoms with van der Waals surface area (Å²) in [5, 5.41) is 13.4. The number of nitrogens with one attached hydrogen (secondary N) is 2. The summed E-state index contributed by atoms with van der Waals surface area (Å²) in [4.78, 5) is 47.8. The molecule has 2 amide bonds. The second-order valence-electron chi connectivity index (χ2n) is 7.74. The number of amides is 2. The second-order valence-corrected chi connectivity index (χ2v) is 7.74. The zero-order valence-electron chi connectivity index (χ0n) is 18.2. The van der Waals surface area contributed by atoms with Gasteiger partial charge < -0.3 is 10.6 Å². The second kappa shape index (κ2) is 11.4. The van der Waals surface area contributed by atoms with Gasteiger partial charge in [0.1, 0.15) is 6.04 Å². The van der Waals surface area contributed by atoms with Gasteiger partial charge in [-0.15, -0.1) is 5.10 Å². The number of carbonyl (C=O) groups is 4. The van der Waals surface area contributed by atoms with Gasteiger partial charge in [0.2, 0.25) is 11.8 Å². The fourth-order valence-electron chi connectivity index (χ4n) is 2.84. The van der Waals surface area contributed by atoms with Crippen molar-refractivity contribution in [3.63, 3.8) is 0 Å². The average molecular weight is 408 g/mol. The Labute approximate surface area is 172 Å². The Morgan fingerprint density at radius 1 is 1.07 bits per heavy atom. The van der Waals surface area contributed by atoms with Gasteiger partial charge in [-0.25, -0.2) is 4.68 Å². The molecule has 0 aliphatic heterocycles. The van der Waals surface area contributed by atoms with Gasteiger partial charge in [-0.2, -0.15) is 0 Å². The van der Waals surface area contributed by atoms with Crippen LogP contribution in [0.1, 0.15) is 60.1 Å². The van der Waals surface area contributed by atoms with E-state index in [1.54, 1.807) is 27.0 Å². The Morgan fingerprint density at radius 3 is 2.28 bits per heavy atom. The van der Waals surface area contributed by atoms with Gasteiger partial charge in [-0.05, 0) is 13.3 Å². The van der Waals surface area contributed by atoms with Gasteiger partial charge in [0.05, 0.1) is 18.3 Å². The van der Waals surface area contributed by atoms with Crippen molar-refractivity contribution in [1.82, 2.24) is 25.6 Å². The number of ketones is 2. The quantitative estimate of drug-likeness (QED) is 0.534. The molecule has 0 saturated carbocycles. The molecule has 0 radical (unpaired) electrons. The van der Waals surface area contributed by atoms with Gasteiger partial charge in [-0.1, -0.05) is 32.9 Å². The predicted octanol–water partition coefficient (Wildman–Crippen LogP) is 1.06. The van der Waals surface area contributed by atoms with E-state index in [2.05, 4.69) is 20.9 Å². The number of hydrogen-bond acceptors (Lipinski definition) is 6. The molecule has 1 rings (SSSR count). The number of carbonyl (C=O) groups excluding carboxylic acids is 4. The summed E-state index contributed by atoms with van der Waals surface area (Å²) in [7, 11) is 0. The van der Waals surface area contributed by atoms with Crippen LogP contribution in [0.4, 0.5) is 0 Å². The zero-order valence-corrected chi connectivity index (χ0v) is 18.2. The molecule has 0 saturated heterocycles. The smallest absolute Gasteiger partial charge is 0.220 e. The molecule has 162 valence electrons. The first-order valence-electron chi connectivity index (χ1n) is 10.1. The molecule has 9 heteroatoms. The lowest BCUT2D eigenvalue weighted by Gasteiger charge is -2.18. The highest BCUT2D eigenvalue weighted by molar-refractivity contribution is 5.90. The summed E-state index contributed by atoms with van der Waals surface area (Å²) in [6.07, 6.45) is 2.93. The molecule has 0 aromatic carbocycles. The molecule has 1 unspecified atom stereocenters. The van der Waals surface area contributed by atoms with Crippen molar-refractivity contribution < 1.29 is 19.2 Å². The SMILES string of the molecule is CCC(C)C(=O)[C@H](C)NC(=O)CCc1cn(C[C@@H](NC(C)=O)C(=O)C(C)C)nn1. The summed E-state index contributed by atoms with van der Waals surface area (Å²) < 4.78 is 1.49. The minimum atomic E-state index is -0.683. The molecule has 29 heavy (non-hydrogen) atoms. The Hall–Kier alpha value is -2.58. The van der Waals surface area contributed by atoms with Crippen LogP contribution in [0.25, 0.3) is 0 Å². The molecule has 0 fully saturated rings. The summed E-state index contributed by atoms with van der Waals surface area (Å²) in [5.41, 5.74) is 0.597. The van der Waals surface area contributed by atoms with Crippen molar-refractivity contribution in [2.24, 2.45) is 11.8 Å². The molecular weight excluding hydrogens is 374 g/mol. The normalized spacial score (nSPS) is 14.2. The van der Waals surface area contributed by atoms with E-state index in [0.29, 0.717) is 12.1 Å². The lowest BCUT2D eigenvalue weighted by atomic mass is 9.98. The third-order valence-electron chi connectivity index (χ3n) is 4.76. The maximum Gasteiger partial charge on any atom is 0.220 e. The van der Waals surface area contributed by atoms with E-state index in [1.165, 1.54) is 11.6 Å². The summed E-state index contributed by atoms with van der Waals surface area (Å²) in [6.45, 7) is 10.6. The topological polar surface area (TPSA) is 123 Å². The predicted molar refractivity (Wildman–Crippen MR) is 108 cm³/mol. The van der Waals surface area contributed by atoms with E-state index in [4.69, 9.17) is 0 Å². The zero-order chi connectivity index (χ0) is 22.1. The first-order chi connectivity index (χ1) is 13.5. The van der Waals surface area contributed by atoms with Gasteiger partial charge >= 0.3 is 0 Å². The van der Waals surface area contributed by atoms with Crippen LogP contribution in [-0.4, -0.2) is 50.5 Å². The number of rotatable bonds is 12. The minimum absolute atomic E-state index is 0.0191. The summed E-state index contributed by atoms with van der Waals surface area (Å²) in [5.74, 6) is -0.895. The average Bonchev–Trinajstić information content (AvgIpc) is 3.10. The van der Waals surface area contributed by atoms with Gasteiger partial charge in [0.15, 0.2) is 11.6 Å². The van der Waals surface area contributed by atoms with Crippen LogP contribution in [0, 0.1) is 11.8 Å².